The summed E-state index contributed by atoms with van der Waals surface area (Å²) in [4.78, 5) is 14.2. The molecule has 2 aromatic rings. The molecule has 1 aliphatic heterocycles. The highest BCUT2D eigenvalue weighted by Crippen LogP contribution is 2.52. The van der Waals surface area contributed by atoms with E-state index < -0.39 is 10.8 Å². The van der Waals surface area contributed by atoms with Crippen LogP contribution in [0, 0.1) is 19.3 Å². The van der Waals surface area contributed by atoms with Crippen LogP contribution in [0.15, 0.2) is 46.2 Å². The van der Waals surface area contributed by atoms with Crippen molar-refractivity contribution in [1.82, 2.24) is 0 Å². The first-order chi connectivity index (χ1) is 11.3. The Kier molecular flexibility index (Phi) is 3.23. The smallest absolute Gasteiger partial charge is 0.203 e. The minimum Gasteiger partial charge on any atom is -0.288 e. The van der Waals surface area contributed by atoms with Crippen molar-refractivity contribution in [2.45, 2.75) is 39.0 Å². The highest BCUT2D eigenvalue weighted by molar-refractivity contribution is 7.91. The highest BCUT2D eigenvalue weighted by Gasteiger charge is 2.44. The Morgan fingerprint density at radius 1 is 1.00 bits per heavy atom. The third-order valence-electron chi connectivity index (χ3n) is 5.25. The normalized spacial score (nSPS) is 24.2. The fraction of sp³-hybridized carbons (Fsp3) is 0.286. The van der Waals surface area contributed by atoms with Crippen LogP contribution in [0.1, 0.15) is 46.5 Å². The molecule has 1 heterocycles. The molecule has 4 rings (SSSR count). The largest absolute Gasteiger partial charge is 0.288 e. The molecule has 0 amide bonds. The third kappa shape index (κ3) is 1.94. The van der Waals surface area contributed by atoms with E-state index in [9.17, 15) is 9.00 Å². The molecule has 3 heteroatoms. The third-order valence-corrected chi connectivity index (χ3v) is 6.77. The molecule has 1 unspecified atom stereocenters. The van der Waals surface area contributed by atoms with Crippen LogP contribution in [0.3, 0.4) is 0 Å². The van der Waals surface area contributed by atoms with Gasteiger partial charge in [0.1, 0.15) is 0 Å². The van der Waals surface area contributed by atoms with E-state index in [4.69, 9.17) is 0 Å². The van der Waals surface area contributed by atoms with Crippen molar-refractivity contribution in [2.24, 2.45) is 5.41 Å². The van der Waals surface area contributed by atoms with E-state index in [2.05, 4.69) is 39.8 Å². The Labute approximate surface area is 145 Å². The number of aryl methyl sites for hydroxylation is 2. The zero-order chi connectivity index (χ0) is 17.2. The van der Waals surface area contributed by atoms with Gasteiger partial charge in [-0.1, -0.05) is 38.1 Å². The van der Waals surface area contributed by atoms with Crippen molar-refractivity contribution in [3.63, 3.8) is 0 Å². The first kappa shape index (κ1) is 15.5. The molecule has 0 N–H and O–H groups in total. The molecular weight excluding hydrogens is 316 g/mol. The van der Waals surface area contributed by atoms with E-state index in [1.807, 2.05) is 18.2 Å². The molecular formula is C21H20O2S. The molecule has 1 aliphatic carbocycles. The summed E-state index contributed by atoms with van der Waals surface area (Å²) in [5.41, 5.74) is 6.22. The van der Waals surface area contributed by atoms with Crippen LogP contribution in [0.2, 0.25) is 0 Å². The number of hydrogen-bond donors (Lipinski definition) is 0. The zero-order valence-electron chi connectivity index (χ0n) is 14.4. The van der Waals surface area contributed by atoms with Crippen molar-refractivity contribution in [2.75, 3.05) is 0 Å². The lowest BCUT2D eigenvalue weighted by atomic mass is 9.83. The number of carbonyl (C=O) groups excluding carboxylic acids is 1. The van der Waals surface area contributed by atoms with Gasteiger partial charge in [-0.25, -0.2) is 4.21 Å². The van der Waals surface area contributed by atoms with Gasteiger partial charge in [-0.3, -0.25) is 4.79 Å². The topological polar surface area (TPSA) is 34.1 Å². The maximum Gasteiger partial charge on any atom is 0.203 e. The predicted molar refractivity (Wildman–Crippen MR) is 97.5 cm³/mol. The summed E-state index contributed by atoms with van der Waals surface area (Å²) in [6.07, 6.45) is 0.884. The molecule has 0 bridgehead atoms. The molecule has 0 fully saturated rings. The summed E-state index contributed by atoms with van der Waals surface area (Å²) < 4.78 is 13.1. The van der Waals surface area contributed by atoms with Gasteiger partial charge in [0, 0.05) is 5.56 Å². The van der Waals surface area contributed by atoms with E-state index in [-0.39, 0.29) is 11.2 Å². The molecule has 2 aromatic carbocycles. The quantitative estimate of drug-likeness (QED) is 0.659. The molecule has 2 aliphatic rings. The Bertz CT molecular complexity index is 927. The standard InChI is InChI=1S/C21H20O2S/c1-12-9-10-13(2)17-15(12)11-21(3,4)18(17)20-19(22)14-7-5-6-8-16(14)24(20)23/h5-10H,11H2,1-4H3/b20-18+. The molecule has 0 aromatic heterocycles. The minimum atomic E-state index is -1.39. The van der Waals surface area contributed by atoms with Crippen LogP contribution in [-0.4, -0.2) is 9.99 Å². The van der Waals surface area contributed by atoms with Crippen LogP contribution in [-0.2, 0) is 17.2 Å². The number of benzene rings is 2. The second-order valence-electron chi connectivity index (χ2n) is 7.41. The fourth-order valence-corrected chi connectivity index (χ4v) is 5.70. The van der Waals surface area contributed by atoms with Crippen molar-refractivity contribution in [1.29, 1.82) is 0 Å². The van der Waals surface area contributed by atoms with E-state index in [0.29, 0.717) is 15.4 Å². The number of rotatable bonds is 0. The molecule has 0 saturated carbocycles. The van der Waals surface area contributed by atoms with Gasteiger partial charge in [-0.2, -0.15) is 0 Å². The van der Waals surface area contributed by atoms with Crippen LogP contribution >= 0.6 is 0 Å². The van der Waals surface area contributed by atoms with Gasteiger partial charge in [0.25, 0.3) is 0 Å². The molecule has 0 spiro atoms. The highest BCUT2D eigenvalue weighted by atomic mass is 32.2. The Morgan fingerprint density at radius 2 is 1.67 bits per heavy atom. The number of allylic oxidation sites excluding steroid dienone is 2. The van der Waals surface area contributed by atoms with Gasteiger partial charge in [-0.05, 0) is 65.6 Å². The van der Waals surface area contributed by atoms with Crippen molar-refractivity contribution in [3.8, 4) is 0 Å². The molecule has 1 atom stereocenters. The lowest BCUT2D eigenvalue weighted by Gasteiger charge is -2.22. The number of hydrogen-bond acceptors (Lipinski definition) is 2. The van der Waals surface area contributed by atoms with Crippen LogP contribution in [0.4, 0.5) is 0 Å². The first-order valence-corrected chi connectivity index (χ1v) is 9.37. The maximum atomic E-state index is 13.1. The Hall–Kier alpha value is -2.00. The van der Waals surface area contributed by atoms with Crippen molar-refractivity contribution in [3.05, 3.63) is 69.1 Å². The molecule has 122 valence electrons. The summed E-state index contributed by atoms with van der Waals surface area (Å²) in [7, 11) is -1.39. The van der Waals surface area contributed by atoms with E-state index in [1.54, 1.807) is 6.07 Å². The maximum absolute atomic E-state index is 13.1. The number of ketones is 1. The van der Waals surface area contributed by atoms with Crippen molar-refractivity contribution < 1.29 is 9.00 Å². The lowest BCUT2D eigenvalue weighted by molar-refractivity contribution is 0.104. The summed E-state index contributed by atoms with van der Waals surface area (Å²) in [5, 5.41) is 0. The predicted octanol–water partition coefficient (Wildman–Crippen LogP) is 4.60. The average molecular weight is 336 g/mol. The number of fused-ring (bicyclic) bond motifs is 2. The number of Topliss-reactive ketones (excluding diaryl/α,β-unsaturated/α-hetero) is 1. The minimum absolute atomic E-state index is 0.0687. The summed E-state index contributed by atoms with van der Waals surface area (Å²) >= 11 is 0. The van der Waals surface area contributed by atoms with Gasteiger partial charge < -0.3 is 0 Å². The second-order valence-corrected chi connectivity index (χ2v) is 8.80. The van der Waals surface area contributed by atoms with Crippen LogP contribution in [0.5, 0.6) is 0 Å². The van der Waals surface area contributed by atoms with Gasteiger partial charge in [-0.15, -0.1) is 0 Å². The number of carbonyl (C=O) groups is 1. The van der Waals surface area contributed by atoms with E-state index in [0.717, 1.165) is 23.1 Å². The molecule has 2 nitrogen and oxygen atoms in total. The summed E-state index contributed by atoms with van der Waals surface area (Å²) in [6.45, 7) is 8.50. The second kappa shape index (κ2) is 5.00. The van der Waals surface area contributed by atoms with Gasteiger partial charge in [0.2, 0.25) is 5.78 Å². The Balaban J connectivity index is 2.08. The molecule has 0 radical (unpaired) electrons. The van der Waals surface area contributed by atoms with Crippen molar-refractivity contribution >= 4 is 22.2 Å². The SMILES string of the molecule is Cc1ccc(C)c2c1CC(C)(C)/C2=C1\C(=O)c2ccccc2S1=O. The lowest BCUT2D eigenvalue weighted by Crippen LogP contribution is -2.15. The molecule has 24 heavy (non-hydrogen) atoms. The monoisotopic (exact) mass is 336 g/mol. The van der Waals surface area contributed by atoms with E-state index >= 15 is 0 Å². The van der Waals surface area contributed by atoms with Crippen LogP contribution < -0.4 is 0 Å². The first-order valence-electron chi connectivity index (χ1n) is 8.22. The van der Waals surface area contributed by atoms with Gasteiger partial charge in [0.05, 0.1) is 20.6 Å². The zero-order valence-corrected chi connectivity index (χ0v) is 15.2. The fourth-order valence-electron chi connectivity index (χ4n) is 4.07. The van der Waals surface area contributed by atoms with E-state index in [1.165, 1.54) is 11.1 Å². The van der Waals surface area contributed by atoms with Crippen LogP contribution in [0.25, 0.3) is 5.57 Å². The average Bonchev–Trinajstić information content (AvgIpc) is 2.96. The summed E-state index contributed by atoms with van der Waals surface area (Å²) in [5.74, 6) is -0.0687. The molecule has 0 saturated heterocycles. The van der Waals surface area contributed by atoms with Gasteiger partial charge in [0.15, 0.2) is 0 Å². The Morgan fingerprint density at radius 3 is 2.38 bits per heavy atom. The summed E-state index contributed by atoms with van der Waals surface area (Å²) in [6, 6.07) is 11.5. The van der Waals surface area contributed by atoms with Gasteiger partial charge >= 0.3 is 0 Å².